The molecule has 142 valence electrons. The van der Waals surface area contributed by atoms with Crippen molar-refractivity contribution in [3.63, 3.8) is 0 Å². The number of anilines is 1. The fourth-order valence-electron chi connectivity index (χ4n) is 3.00. The molecule has 3 aromatic heterocycles. The molecule has 0 saturated heterocycles. The standard InChI is InChI=1S/C21H19N3O3S/c1-13-17(14(2)27-23-13)12-24(16-8-5-4-6-9-16)21(25)19-15(3)28-20(22-19)18-10-7-11-26-18/h4-11H,12H2,1-3H3. The van der Waals surface area contributed by atoms with E-state index in [-0.39, 0.29) is 5.91 Å². The lowest BCUT2D eigenvalue weighted by Gasteiger charge is -2.22. The molecule has 1 aromatic carbocycles. The highest BCUT2D eigenvalue weighted by Crippen LogP contribution is 2.30. The molecule has 0 N–H and O–H groups in total. The van der Waals surface area contributed by atoms with Crippen LogP contribution >= 0.6 is 11.3 Å². The van der Waals surface area contributed by atoms with Gasteiger partial charge in [-0.15, -0.1) is 11.3 Å². The molecule has 6 nitrogen and oxygen atoms in total. The smallest absolute Gasteiger partial charge is 0.278 e. The molecule has 0 spiro atoms. The molecule has 0 radical (unpaired) electrons. The first kappa shape index (κ1) is 18.2. The number of carbonyl (C=O) groups is 1. The van der Waals surface area contributed by atoms with E-state index in [4.69, 9.17) is 8.94 Å². The van der Waals surface area contributed by atoms with Crippen molar-refractivity contribution in [2.75, 3.05) is 4.90 Å². The first-order valence-electron chi connectivity index (χ1n) is 8.84. The second-order valence-electron chi connectivity index (χ2n) is 6.43. The van der Waals surface area contributed by atoms with Crippen molar-refractivity contribution < 1.29 is 13.7 Å². The van der Waals surface area contributed by atoms with Gasteiger partial charge in [-0.25, -0.2) is 4.98 Å². The fourth-order valence-corrected chi connectivity index (χ4v) is 3.88. The number of thiazole rings is 1. The van der Waals surface area contributed by atoms with Gasteiger partial charge in [0.1, 0.15) is 11.5 Å². The SMILES string of the molecule is Cc1noc(C)c1CN(C(=O)c1nc(-c2ccco2)sc1C)c1ccccc1. The van der Waals surface area contributed by atoms with Gasteiger partial charge in [0.05, 0.1) is 18.5 Å². The maximum absolute atomic E-state index is 13.5. The van der Waals surface area contributed by atoms with Gasteiger partial charge in [-0.1, -0.05) is 23.4 Å². The van der Waals surface area contributed by atoms with Crippen molar-refractivity contribution in [1.82, 2.24) is 10.1 Å². The zero-order valence-electron chi connectivity index (χ0n) is 15.8. The van der Waals surface area contributed by atoms with Gasteiger partial charge in [0.2, 0.25) is 0 Å². The zero-order valence-corrected chi connectivity index (χ0v) is 16.6. The van der Waals surface area contributed by atoms with Crippen LogP contribution in [0.15, 0.2) is 57.7 Å². The predicted octanol–water partition coefficient (Wildman–Crippen LogP) is 5.16. The van der Waals surface area contributed by atoms with E-state index in [9.17, 15) is 4.79 Å². The van der Waals surface area contributed by atoms with Crippen LogP contribution in [0.3, 0.4) is 0 Å². The van der Waals surface area contributed by atoms with E-state index >= 15 is 0 Å². The Bertz CT molecular complexity index is 1080. The van der Waals surface area contributed by atoms with Crippen molar-refractivity contribution in [2.24, 2.45) is 0 Å². The van der Waals surface area contributed by atoms with Crippen molar-refractivity contribution in [3.05, 3.63) is 76.3 Å². The molecule has 4 aromatic rings. The average molecular weight is 393 g/mol. The molecule has 7 heteroatoms. The summed E-state index contributed by atoms with van der Waals surface area (Å²) in [5.41, 5.74) is 2.89. The van der Waals surface area contributed by atoms with Gasteiger partial charge in [0, 0.05) is 16.1 Å². The second-order valence-corrected chi connectivity index (χ2v) is 7.63. The van der Waals surface area contributed by atoms with Gasteiger partial charge in [-0.05, 0) is 45.0 Å². The first-order valence-corrected chi connectivity index (χ1v) is 9.66. The Morgan fingerprint density at radius 2 is 1.89 bits per heavy atom. The number of nitrogens with zero attached hydrogens (tertiary/aromatic N) is 3. The minimum atomic E-state index is -0.169. The minimum Gasteiger partial charge on any atom is -0.462 e. The van der Waals surface area contributed by atoms with Crippen LogP contribution in [0.4, 0.5) is 5.69 Å². The lowest BCUT2D eigenvalue weighted by atomic mass is 10.1. The topological polar surface area (TPSA) is 72.4 Å². The summed E-state index contributed by atoms with van der Waals surface area (Å²) in [4.78, 5) is 20.6. The van der Waals surface area contributed by atoms with Gasteiger partial charge in [-0.2, -0.15) is 0 Å². The summed E-state index contributed by atoms with van der Waals surface area (Å²) in [5, 5.41) is 4.70. The summed E-state index contributed by atoms with van der Waals surface area (Å²) in [5.74, 6) is 1.19. The third kappa shape index (κ3) is 3.36. The van der Waals surface area contributed by atoms with Gasteiger partial charge in [0.25, 0.3) is 5.91 Å². The molecular formula is C21H19N3O3S. The van der Waals surface area contributed by atoms with Crippen molar-refractivity contribution in [1.29, 1.82) is 0 Å². The third-order valence-corrected chi connectivity index (χ3v) is 5.53. The van der Waals surface area contributed by atoms with Crippen LogP contribution in [-0.4, -0.2) is 16.0 Å². The van der Waals surface area contributed by atoms with Crippen LogP contribution in [0.2, 0.25) is 0 Å². The molecule has 0 unspecified atom stereocenters. The van der Waals surface area contributed by atoms with Crippen LogP contribution in [0, 0.1) is 20.8 Å². The van der Waals surface area contributed by atoms with Gasteiger partial charge >= 0.3 is 0 Å². The quantitative estimate of drug-likeness (QED) is 0.468. The van der Waals surface area contributed by atoms with E-state index in [0.29, 0.717) is 28.8 Å². The number of aromatic nitrogens is 2. The highest BCUT2D eigenvalue weighted by molar-refractivity contribution is 7.15. The Labute approximate surface area is 166 Å². The lowest BCUT2D eigenvalue weighted by molar-refractivity contribution is 0.0980. The maximum atomic E-state index is 13.5. The summed E-state index contributed by atoms with van der Waals surface area (Å²) in [7, 11) is 0. The molecule has 0 atom stereocenters. The molecule has 3 heterocycles. The number of carbonyl (C=O) groups excluding carboxylic acids is 1. The lowest BCUT2D eigenvalue weighted by Crippen LogP contribution is -2.31. The first-order chi connectivity index (χ1) is 13.5. The van der Waals surface area contributed by atoms with E-state index in [2.05, 4.69) is 10.1 Å². The van der Waals surface area contributed by atoms with Gasteiger partial charge in [-0.3, -0.25) is 4.79 Å². The number of amides is 1. The average Bonchev–Trinajstić information content (AvgIpc) is 3.42. The maximum Gasteiger partial charge on any atom is 0.278 e. The van der Waals surface area contributed by atoms with Gasteiger partial charge in [0.15, 0.2) is 10.8 Å². The predicted molar refractivity (Wildman–Crippen MR) is 107 cm³/mol. The van der Waals surface area contributed by atoms with Crippen molar-refractivity contribution in [3.8, 4) is 10.8 Å². The summed E-state index contributed by atoms with van der Waals surface area (Å²) in [6.45, 7) is 5.99. The van der Waals surface area contributed by atoms with E-state index < -0.39 is 0 Å². The molecule has 0 aliphatic rings. The van der Waals surface area contributed by atoms with Crippen molar-refractivity contribution in [2.45, 2.75) is 27.3 Å². The summed E-state index contributed by atoms with van der Waals surface area (Å²) < 4.78 is 10.7. The number of hydrogen-bond donors (Lipinski definition) is 0. The summed E-state index contributed by atoms with van der Waals surface area (Å²) >= 11 is 1.44. The molecule has 0 aliphatic heterocycles. The zero-order chi connectivity index (χ0) is 19.7. The number of benzene rings is 1. The number of rotatable bonds is 5. The number of para-hydroxylation sites is 1. The Balaban J connectivity index is 1.74. The minimum absolute atomic E-state index is 0.169. The van der Waals surface area contributed by atoms with Crippen LogP contribution in [-0.2, 0) is 6.54 Å². The molecule has 0 aliphatic carbocycles. The van der Waals surface area contributed by atoms with E-state index in [0.717, 1.165) is 21.8 Å². The van der Waals surface area contributed by atoms with Crippen molar-refractivity contribution >= 4 is 22.9 Å². The number of hydrogen-bond acceptors (Lipinski definition) is 6. The van der Waals surface area contributed by atoms with E-state index in [1.807, 2.05) is 57.2 Å². The summed E-state index contributed by atoms with van der Waals surface area (Å²) in [6, 6.07) is 13.2. The van der Waals surface area contributed by atoms with Gasteiger partial charge < -0.3 is 13.8 Å². The van der Waals surface area contributed by atoms with E-state index in [1.165, 1.54) is 11.3 Å². The third-order valence-electron chi connectivity index (χ3n) is 4.54. The second kappa shape index (κ2) is 7.44. The highest BCUT2D eigenvalue weighted by Gasteiger charge is 2.26. The Morgan fingerprint density at radius 3 is 2.54 bits per heavy atom. The van der Waals surface area contributed by atoms with E-state index in [1.54, 1.807) is 17.2 Å². The van der Waals surface area contributed by atoms with Crippen LogP contribution < -0.4 is 4.90 Å². The molecule has 0 bridgehead atoms. The molecule has 28 heavy (non-hydrogen) atoms. The fraction of sp³-hybridized carbons (Fsp3) is 0.190. The Hall–Kier alpha value is -3.19. The number of aryl methyl sites for hydroxylation is 3. The van der Waals surface area contributed by atoms with Crippen LogP contribution in [0.5, 0.6) is 0 Å². The molecule has 0 saturated carbocycles. The summed E-state index contributed by atoms with van der Waals surface area (Å²) in [6.07, 6.45) is 1.60. The Morgan fingerprint density at radius 1 is 1.11 bits per heavy atom. The van der Waals surface area contributed by atoms with Crippen LogP contribution in [0.1, 0.15) is 32.4 Å². The van der Waals surface area contributed by atoms with Crippen LogP contribution in [0.25, 0.3) is 10.8 Å². The normalized spacial score (nSPS) is 11.0. The molecule has 0 fully saturated rings. The molecule has 4 rings (SSSR count). The largest absolute Gasteiger partial charge is 0.462 e. The molecule has 1 amide bonds. The highest BCUT2D eigenvalue weighted by atomic mass is 32.1. The monoisotopic (exact) mass is 393 g/mol. The molecular weight excluding hydrogens is 374 g/mol. The number of furan rings is 1. The Kier molecular flexibility index (Phi) is 4.83.